The Bertz CT molecular complexity index is 1270. The van der Waals surface area contributed by atoms with Crippen molar-refractivity contribution in [2.24, 2.45) is 82.9 Å². The van der Waals surface area contributed by atoms with Gasteiger partial charge in [0.1, 0.15) is 5.60 Å². The SMILES string of the molecule is C=CC(=O)OCC1CC2C3CC(CC(C)(CC)OC(=O)C4CCC(C(=O)OCC5CC6C7CC(CC(C)(O)CC)C(C7)C6C5)CC4)C(C3)C2C1. The fourth-order valence-electron chi connectivity index (χ4n) is 13.4. The number of hydrogen-bond acceptors (Lipinski definition) is 7. The van der Waals surface area contributed by atoms with Crippen LogP contribution in [0.15, 0.2) is 12.7 Å². The van der Waals surface area contributed by atoms with Gasteiger partial charge in [0.05, 0.1) is 30.7 Å². The molecule has 0 aromatic carbocycles. The number of ether oxygens (including phenoxy) is 3. The van der Waals surface area contributed by atoms with Gasteiger partial charge in [-0.3, -0.25) is 9.59 Å². The van der Waals surface area contributed by atoms with Gasteiger partial charge in [-0.1, -0.05) is 20.4 Å². The quantitative estimate of drug-likeness (QED) is 0.111. The molecule has 0 saturated heterocycles. The first-order valence-corrected chi connectivity index (χ1v) is 20.8. The minimum Gasteiger partial charge on any atom is -0.465 e. The van der Waals surface area contributed by atoms with Gasteiger partial charge in [0.15, 0.2) is 0 Å². The lowest BCUT2D eigenvalue weighted by atomic mass is 9.72. The van der Waals surface area contributed by atoms with Gasteiger partial charge in [0.25, 0.3) is 0 Å². The van der Waals surface area contributed by atoms with Crippen molar-refractivity contribution in [1.29, 1.82) is 0 Å². The molecule has 1 N–H and O–H groups in total. The minimum absolute atomic E-state index is 0.0604. The Morgan fingerprint density at radius 1 is 0.660 bits per heavy atom. The van der Waals surface area contributed by atoms with E-state index in [1.165, 1.54) is 51.0 Å². The van der Waals surface area contributed by atoms with E-state index in [2.05, 4.69) is 27.4 Å². The molecular weight excluding hydrogens is 628 g/mol. The lowest BCUT2D eigenvalue weighted by Gasteiger charge is -2.38. The number of aliphatic hydroxyl groups is 1. The Morgan fingerprint density at radius 2 is 1.16 bits per heavy atom. The number of rotatable bonds is 14. The number of carbonyl (C=O) groups is 3. The highest BCUT2D eigenvalue weighted by molar-refractivity contribution is 5.81. The molecule has 14 unspecified atom stereocenters. The zero-order valence-corrected chi connectivity index (χ0v) is 31.5. The molecule has 0 aromatic rings. The van der Waals surface area contributed by atoms with Crippen LogP contribution in [-0.2, 0) is 28.6 Å². The molecular formula is C43H66O7. The second kappa shape index (κ2) is 14.5. The van der Waals surface area contributed by atoms with Crippen LogP contribution in [0.2, 0.25) is 0 Å². The summed E-state index contributed by atoms with van der Waals surface area (Å²) in [6.07, 6.45) is 17.4. The van der Waals surface area contributed by atoms with Gasteiger partial charge >= 0.3 is 17.9 Å². The molecule has 7 rings (SSSR count). The van der Waals surface area contributed by atoms with Crippen molar-refractivity contribution in [3.8, 4) is 0 Å². The molecule has 7 nitrogen and oxygen atoms in total. The third kappa shape index (κ3) is 7.33. The van der Waals surface area contributed by atoms with E-state index in [-0.39, 0.29) is 29.7 Å². The van der Waals surface area contributed by atoms with Crippen molar-refractivity contribution in [3.63, 3.8) is 0 Å². The van der Waals surface area contributed by atoms with Gasteiger partial charge in [-0.15, -0.1) is 0 Å². The summed E-state index contributed by atoms with van der Waals surface area (Å²) in [5.41, 5.74) is -1.00. The first kappa shape index (κ1) is 36.5. The largest absolute Gasteiger partial charge is 0.465 e. The molecule has 0 amide bonds. The Kier molecular flexibility index (Phi) is 10.6. The van der Waals surface area contributed by atoms with Crippen LogP contribution in [-0.4, -0.2) is 47.4 Å². The summed E-state index contributed by atoms with van der Waals surface area (Å²) in [7, 11) is 0. The average molecular weight is 695 g/mol. The van der Waals surface area contributed by atoms with Gasteiger partial charge in [0.2, 0.25) is 0 Å². The van der Waals surface area contributed by atoms with E-state index in [0.717, 1.165) is 67.6 Å². The molecule has 280 valence electrons. The van der Waals surface area contributed by atoms with Gasteiger partial charge in [-0.25, -0.2) is 4.79 Å². The molecule has 7 fully saturated rings. The van der Waals surface area contributed by atoms with Crippen molar-refractivity contribution in [1.82, 2.24) is 0 Å². The second-order valence-electron chi connectivity index (χ2n) is 19.1. The van der Waals surface area contributed by atoms with Crippen molar-refractivity contribution < 1.29 is 33.7 Å². The molecule has 4 bridgehead atoms. The van der Waals surface area contributed by atoms with Crippen molar-refractivity contribution in [2.45, 2.75) is 142 Å². The summed E-state index contributed by atoms with van der Waals surface area (Å²) in [5.74, 6) is 7.50. The van der Waals surface area contributed by atoms with Crippen LogP contribution in [0.4, 0.5) is 0 Å². The Balaban J connectivity index is 0.825. The fourth-order valence-corrected chi connectivity index (χ4v) is 13.4. The van der Waals surface area contributed by atoms with E-state index in [9.17, 15) is 19.5 Å². The molecule has 7 aliphatic rings. The van der Waals surface area contributed by atoms with E-state index in [0.29, 0.717) is 74.4 Å². The Labute approximate surface area is 301 Å². The van der Waals surface area contributed by atoms with E-state index in [1.807, 2.05) is 6.92 Å². The lowest BCUT2D eigenvalue weighted by molar-refractivity contribution is -0.169. The first-order chi connectivity index (χ1) is 23.9. The zero-order valence-electron chi connectivity index (χ0n) is 31.5. The highest BCUT2D eigenvalue weighted by Crippen LogP contribution is 2.64. The maximum Gasteiger partial charge on any atom is 0.330 e. The summed E-state index contributed by atoms with van der Waals surface area (Å²) in [5, 5.41) is 10.7. The standard InChI is InChI=1S/C43H66O7/c1-6-39(44)48-23-25-13-33-30-18-32(36(20-30)38(33)15-25)22-43(5,8-3)50-41(46)28-11-9-27(10-12-28)40(45)49-24-26-14-34-29-17-31(21-42(4,47)7-2)35(19-29)37(34)16-26/h6,25-38,47H,1,7-24H2,2-5H3. The van der Waals surface area contributed by atoms with E-state index in [1.54, 1.807) is 0 Å². The molecule has 7 aliphatic carbocycles. The molecule has 0 aromatic heterocycles. The van der Waals surface area contributed by atoms with Crippen LogP contribution in [0.1, 0.15) is 130 Å². The monoisotopic (exact) mass is 694 g/mol. The van der Waals surface area contributed by atoms with Crippen LogP contribution in [0, 0.1) is 82.9 Å². The van der Waals surface area contributed by atoms with Crippen LogP contribution in [0.5, 0.6) is 0 Å². The van der Waals surface area contributed by atoms with Gasteiger partial charge in [-0.05, 0) is 188 Å². The predicted octanol–water partition coefficient (Wildman–Crippen LogP) is 8.32. The van der Waals surface area contributed by atoms with Crippen LogP contribution < -0.4 is 0 Å². The fraction of sp³-hybridized carbons (Fsp3) is 0.884. The Hall–Kier alpha value is -1.89. The molecule has 50 heavy (non-hydrogen) atoms. The molecule has 0 radical (unpaired) electrons. The normalized spacial score (nSPS) is 43.5. The average Bonchev–Trinajstić information content (AvgIpc) is 3.95. The van der Waals surface area contributed by atoms with Gasteiger partial charge in [-0.2, -0.15) is 0 Å². The maximum atomic E-state index is 13.5. The summed E-state index contributed by atoms with van der Waals surface area (Å²) in [6.45, 7) is 13.0. The number of hydrogen-bond donors (Lipinski definition) is 1. The zero-order chi connectivity index (χ0) is 35.4. The molecule has 7 saturated carbocycles. The first-order valence-electron chi connectivity index (χ1n) is 20.8. The summed E-state index contributed by atoms with van der Waals surface area (Å²) in [6, 6.07) is 0. The molecule has 0 spiro atoms. The van der Waals surface area contributed by atoms with E-state index < -0.39 is 11.2 Å². The third-order valence-electron chi connectivity index (χ3n) is 16.1. The van der Waals surface area contributed by atoms with Crippen LogP contribution >= 0.6 is 0 Å². The summed E-state index contributed by atoms with van der Waals surface area (Å²) >= 11 is 0. The van der Waals surface area contributed by atoms with E-state index in [4.69, 9.17) is 14.2 Å². The van der Waals surface area contributed by atoms with Crippen molar-refractivity contribution in [3.05, 3.63) is 12.7 Å². The van der Waals surface area contributed by atoms with Gasteiger partial charge in [0, 0.05) is 6.08 Å². The van der Waals surface area contributed by atoms with Crippen molar-refractivity contribution >= 4 is 17.9 Å². The minimum atomic E-state index is -0.545. The third-order valence-corrected chi connectivity index (χ3v) is 16.1. The Morgan fingerprint density at radius 3 is 1.68 bits per heavy atom. The number of carbonyl (C=O) groups excluding carboxylic acids is 3. The second-order valence-corrected chi connectivity index (χ2v) is 19.1. The van der Waals surface area contributed by atoms with Crippen molar-refractivity contribution in [2.75, 3.05) is 13.2 Å². The molecule has 0 aliphatic heterocycles. The number of esters is 3. The van der Waals surface area contributed by atoms with Gasteiger partial charge < -0.3 is 19.3 Å². The van der Waals surface area contributed by atoms with Crippen LogP contribution in [0.25, 0.3) is 0 Å². The van der Waals surface area contributed by atoms with Crippen LogP contribution in [0.3, 0.4) is 0 Å². The molecule has 7 heteroatoms. The smallest absolute Gasteiger partial charge is 0.330 e. The lowest BCUT2D eigenvalue weighted by Crippen LogP contribution is -2.39. The summed E-state index contributed by atoms with van der Waals surface area (Å²) in [4.78, 5) is 38.3. The predicted molar refractivity (Wildman–Crippen MR) is 191 cm³/mol. The molecule has 14 atom stereocenters. The number of fused-ring (bicyclic) bond motifs is 10. The topological polar surface area (TPSA) is 99.1 Å². The highest BCUT2D eigenvalue weighted by Gasteiger charge is 2.58. The summed E-state index contributed by atoms with van der Waals surface area (Å²) < 4.78 is 17.8. The maximum absolute atomic E-state index is 13.5. The highest BCUT2D eigenvalue weighted by atomic mass is 16.6. The molecule has 0 heterocycles. The van der Waals surface area contributed by atoms with E-state index >= 15 is 0 Å².